The zero-order valence-corrected chi connectivity index (χ0v) is 15.1. The summed E-state index contributed by atoms with van der Waals surface area (Å²) in [5.74, 6) is 0.784. The number of fused-ring (bicyclic) bond motifs is 1. The lowest BCUT2D eigenvalue weighted by molar-refractivity contribution is -0.172. The summed E-state index contributed by atoms with van der Waals surface area (Å²) >= 11 is 0. The highest BCUT2D eigenvalue weighted by Crippen LogP contribution is 2.49. The van der Waals surface area contributed by atoms with Crippen molar-refractivity contribution in [2.45, 2.75) is 70.7 Å². The number of hydrogen-bond donors (Lipinski definition) is 4. The van der Waals surface area contributed by atoms with E-state index < -0.39 is 11.7 Å². The zero-order valence-electron chi connectivity index (χ0n) is 15.1. The van der Waals surface area contributed by atoms with Crippen LogP contribution in [0.15, 0.2) is 0 Å². The fourth-order valence-corrected chi connectivity index (χ4v) is 4.56. The van der Waals surface area contributed by atoms with E-state index in [1.54, 1.807) is 0 Å². The summed E-state index contributed by atoms with van der Waals surface area (Å²) in [6.07, 6.45) is 4.04. The largest absolute Gasteiger partial charge is 0.400 e. The van der Waals surface area contributed by atoms with Gasteiger partial charge in [0.05, 0.1) is 24.4 Å². The molecule has 0 aromatic rings. The minimum absolute atomic E-state index is 0.00990. The third-order valence-corrected chi connectivity index (χ3v) is 6.05. The highest BCUT2D eigenvalue weighted by Gasteiger charge is 2.52. The molecule has 5 heteroatoms. The highest BCUT2D eigenvalue weighted by atomic mass is 16.5. The van der Waals surface area contributed by atoms with Crippen molar-refractivity contribution in [1.29, 1.82) is 0 Å². The summed E-state index contributed by atoms with van der Waals surface area (Å²) in [5.41, 5.74) is -0.835. The smallest absolute Gasteiger partial charge is 0.0942 e. The summed E-state index contributed by atoms with van der Waals surface area (Å²) in [7, 11) is 1.00. The molecule has 0 aromatic carbocycles. The Bertz CT molecular complexity index is 337. The number of hydrogen-bond acceptors (Lipinski definition) is 5. The molecule has 0 bridgehead atoms. The minimum atomic E-state index is -0.835. The Hall–Kier alpha value is -0.200. The van der Waals surface area contributed by atoms with Crippen molar-refractivity contribution < 1.29 is 25.2 Å². The van der Waals surface area contributed by atoms with E-state index in [0.717, 1.165) is 32.8 Å². The van der Waals surface area contributed by atoms with Gasteiger partial charge in [-0.2, -0.15) is 0 Å². The molecule has 7 atom stereocenters. The van der Waals surface area contributed by atoms with Crippen LogP contribution in [0.4, 0.5) is 0 Å². The van der Waals surface area contributed by atoms with E-state index in [1.807, 2.05) is 6.92 Å². The third kappa shape index (κ3) is 4.67. The van der Waals surface area contributed by atoms with E-state index in [9.17, 15) is 10.2 Å². The van der Waals surface area contributed by atoms with Gasteiger partial charge in [-0.3, -0.25) is 0 Å². The molecule has 1 heterocycles. The van der Waals surface area contributed by atoms with Gasteiger partial charge in [0.15, 0.2) is 0 Å². The van der Waals surface area contributed by atoms with Gasteiger partial charge in [0, 0.05) is 13.7 Å². The van der Waals surface area contributed by atoms with Gasteiger partial charge in [0.25, 0.3) is 0 Å². The van der Waals surface area contributed by atoms with E-state index in [4.69, 9.17) is 14.9 Å². The van der Waals surface area contributed by atoms with Crippen LogP contribution in [0.3, 0.4) is 0 Å². The van der Waals surface area contributed by atoms with Gasteiger partial charge < -0.3 is 25.2 Å². The first-order chi connectivity index (χ1) is 10.9. The van der Waals surface area contributed by atoms with Crippen molar-refractivity contribution in [2.24, 2.45) is 23.7 Å². The van der Waals surface area contributed by atoms with Gasteiger partial charge in [-0.1, -0.05) is 13.8 Å². The topological polar surface area (TPSA) is 90.2 Å². The molecule has 4 N–H and O–H groups in total. The fraction of sp³-hybridized carbons (Fsp3) is 1.00. The van der Waals surface area contributed by atoms with E-state index in [0.29, 0.717) is 18.9 Å². The first kappa shape index (κ1) is 20.8. The van der Waals surface area contributed by atoms with E-state index in [2.05, 4.69) is 13.8 Å². The van der Waals surface area contributed by atoms with Gasteiger partial charge in [-0.25, -0.2) is 0 Å². The van der Waals surface area contributed by atoms with E-state index in [-0.39, 0.29) is 30.5 Å². The van der Waals surface area contributed by atoms with Crippen LogP contribution in [0.5, 0.6) is 0 Å². The lowest BCUT2D eigenvalue weighted by Gasteiger charge is -2.50. The Labute approximate surface area is 140 Å². The van der Waals surface area contributed by atoms with Crippen LogP contribution in [0, 0.1) is 23.7 Å². The third-order valence-electron chi connectivity index (χ3n) is 6.05. The van der Waals surface area contributed by atoms with Gasteiger partial charge in [-0.15, -0.1) is 0 Å². The molecule has 0 spiro atoms. The number of aliphatic hydroxyl groups excluding tert-OH is 3. The van der Waals surface area contributed by atoms with Gasteiger partial charge in [0.2, 0.25) is 0 Å². The van der Waals surface area contributed by atoms with Crippen molar-refractivity contribution in [2.75, 3.05) is 20.3 Å². The molecule has 23 heavy (non-hydrogen) atoms. The monoisotopic (exact) mass is 332 g/mol. The molecule has 2 rings (SSSR count). The number of ether oxygens (including phenoxy) is 1. The Morgan fingerprint density at radius 2 is 1.78 bits per heavy atom. The van der Waals surface area contributed by atoms with Crippen LogP contribution in [0.25, 0.3) is 0 Å². The molecule has 0 radical (unpaired) electrons. The average Bonchev–Trinajstić information content (AvgIpc) is 2.69. The predicted molar refractivity (Wildman–Crippen MR) is 90.0 cm³/mol. The summed E-state index contributed by atoms with van der Waals surface area (Å²) in [4.78, 5) is 0. The Morgan fingerprint density at radius 3 is 2.39 bits per heavy atom. The molecule has 2 fully saturated rings. The molecular formula is C18H36O5. The molecule has 2 aliphatic rings. The summed E-state index contributed by atoms with van der Waals surface area (Å²) in [6.45, 7) is 6.68. The SMILES string of the molecule is CC1CCC2[C@H](C)CC[C@@H](C(C)C(O)CCO)[C@@]2(O)CO1.CO. The summed E-state index contributed by atoms with van der Waals surface area (Å²) < 4.78 is 5.86. The maximum atomic E-state index is 11.4. The zero-order chi connectivity index (χ0) is 17.6. The van der Waals surface area contributed by atoms with Crippen molar-refractivity contribution >= 4 is 0 Å². The standard InChI is InChI=1S/C17H32O4.CH4O/c1-11-4-6-15(13(3)16(19)8-9-18)17(20)10-21-12(2)5-7-14(11)17;1-2/h11-16,18-20H,4-10H2,1-3H3;2H,1H3/t11-,12?,13?,14?,15+,16?,17-;/m1./s1. The lowest BCUT2D eigenvalue weighted by Crippen LogP contribution is -2.56. The second kappa shape index (κ2) is 9.33. The maximum absolute atomic E-state index is 11.4. The van der Waals surface area contributed by atoms with Crippen molar-refractivity contribution in [3.05, 3.63) is 0 Å². The molecular weight excluding hydrogens is 296 g/mol. The van der Waals surface area contributed by atoms with E-state index >= 15 is 0 Å². The molecule has 0 amide bonds. The fourth-order valence-electron chi connectivity index (χ4n) is 4.56. The van der Waals surface area contributed by atoms with Crippen molar-refractivity contribution in [1.82, 2.24) is 0 Å². The molecule has 1 aliphatic carbocycles. The first-order valence-electron chi connectivity index (χ1n) is 8.97. The quantitative estimate of drug-likeness (QED) is 0.627. The van der Waals surface area contributed by atoms with Crippen LogP contribution in [0.1, 0.15) is 52.9 Å². The molecule has 1 saturated heterocycles. The molecule has 1 saturated carbocycles. The Kier molecular flexibility index (Phi) is 8.45. The van der Waals surface area contributed by atoms with Crippen LogP contribution < -0.4 is 0 Å². The minimum Gasteiger partial charge on any atom is -0.400 e. The second-order valence-electron chi connectivity index (χ2n) is 7.40. The van der Waals surface area contributed by atoms with Crippen molar-refractivity contribution in [3.63, 3.8) is 0 Å². The Balaban J connectivity index is 0.00000127. The second-order valence-corrected chi connectivity index (χ2v) is 7.40. The maximum Gasteiger partial charge on any atom is 0.0942 e. The molecule has 4 unspecified atom stereocenters. The van der Waals surface area contributed by atoms with Crippen LogP contribution >= 0.6 is 0 Å². The predicted octanol–water partition coefficient (Wildman–Crippen LogP) is 1.57. The van der Waals surface area contributed by atoms with Crippen LogP contribution in [-0.4, -0.2) is 58.6 Å². The Morgan fingerprint density at radius 1 is 1.13 bits per heavy atom. The molecule has 1 aliphatic heterocycles. The molecule has 0 aromatic heterocycles. The average molecular weight is 332 g/mol. The van der Waals surface area contributed by atoms with Crippen LogP contribution in [-0.2, 0) is 4.74 Å². The number of rotatable bonds is 4. The van der Waals surface area contributed by atoms with Crippen LogP contribution in [0.2, 0.25) is 0 Å². The lowest BCUT2D eigenvalue weighted by atomic mass is 9.59. The normalized spacial score (nSPS) is 40.2. The van der Waals surface area contributed by atoms with Gasteiger partial charge in [-0.05, 0) is 62.7 Å². The van der Waals surface area contributed by atoms with Crippen molar-refractivity contribution in [3.8, 4) is 0 Å². The first-order valence-corrected chi connectivity index (χ1v) is 8.97. The molecule has 138 valence electrons. The molecule has 5 nitrogen and oxygen atoms in total. The number of aliphatic hydroxyl groups is 4. The van der Waals surface area contributed by atoms with Gasteiger partial charge in [0.1, 0.15) is 0 Å². The highest BCUT2D eigenvalue weighted by molar-refractivity contribution is 5.02. The summed E-state index contributed by atoms with van der Waals surface area (Å²) in [6, 6.07) is 0. The van der Waals surface area contributed by atoms with E-state index in [1.165, 1.54) is 0 Å². The van der Waals surface area contributed by atoms with Gasteiger partial charge >= 0.3 is 0 Å². The summed E-state index contributed by atoms with van der Waals surface area (Å²) in [5, 5.41) is 37.7.